The molecule has 0 saturated heterocycles. The van der Waals surface area contributed by atoms with Crippen molar-refractivity contribution in [2.75, 3.05) is 0 Å². The molecule has 2 N–H and O–H groups in total. The van der Waals surface area contributed by atoms with Crippen LogP contribution >= 0.6 is 0 Å². The summed E-state index contributed by atoms with van der Waals surface area (Å²) in [7, 11) is -3.74. The third-order valence-corrected chi connectivity index (χ3v) is 4.14. The van der Waals surface area contributed by atoms with Gasteiger partial charge in [0.15, 0.2) is 5.03 Å². The summed E-state index contributed by atoms with van der Waals surface area (Å²) < 4.78 is 26.4. The lowest BCUT2D eigenvalue weighted by molar-refractivity contribution is -0.384. The number of benzene rings is 1. The van der Waals surface area contributed by atoms with Gasteiger partial charge < -0.3 is 4.98 Å². The molecular formula is C11H12N4O4S. The monoisotopic (exact) mass is 296 g/mol. The van der Waals surface area contributed by atoms with E-state index in [0.29, 0.717) is 5.56 Å². The average molecular weight is 296 g/mol. The minimum Gasteiger partial charge on any atom is -0.335 e. The van der Waals surface area contributed by atoms with Gasteiger partial charge in [0.25, 0.3) is 15.7 Å². The lowest BCUT2D eigenvalue weighted by atomic mass is 10.1. The molecule has 0 aliphatic rings. The van der Waals surface area contributed by atoms with Crippen molar-refractivity contribution in [2.45, 2.75) is 18.0 Å². The summed E-state index contributed by atoms with van der Waals surface area (Å²) >= 11 is 0. The molecule has 0 saturated carbocycles. The minimum atomic E-state index is -3.74. The molecule has 1 aromatic carbocycles. The molecule has 0 fully saturated rings. The van der Waals surface area contributed by atoms with Gasteiger partial charge in [-0.15, -0.1) is 0 Å². The Morgan fingerprint density at radius 2 is 2.20 bits per heavy atom. The van der Waals surface area contributed by atoms with Crippen LogP contribution in [0.3, 0.4) is 0 Å². The van der Waals surface area contributed by atoms with Crippen LogP contribution in [0.5, 0.6) is 0 Å². The van der Waals surface area contributed by atoms with Crippen molar-refractivity contribution >= 4 is 15.7 Å². The van der Waals surface area contributed by atoms with Gasteiger partial charge in [-0.2, -0.15) is 0 Å². The van der Waals surface area contributed by atoms with E-state index in [1.165, 1.54) is 30.7 Å². The lowest BCUT2D eigenvalue weighted by Gasteiger charge is -2.13. The Bertz CT molecular complexity index is 712. The number of aromatic nitrogens is 2. The van der Waals surface area contributed by atoms with Crippen molar-refractivity contribution < 1.29 is 13.3 Å². The number of hydrogen-bond acceptors (Lipinski definition) is 5. The molecule has 0 radical (unpaired) electrons. The molecule has 0 spiro atoms. The van der Waals surface area contributed by atoms with E-state index in [1.807, 2.05) is 0 Å². The van der Waals surface area contributed by atoms with E-state index in [0.717, 1.165) is 0 Å². The van der Waals surface area contributed by atoms with Crippen molar-refractivity contribution in [1.82, 2.24) is 14.7 Å². The number of rotatable bonds is 5. The van der Waals surface area contributed by atoms with Gasteiger partial charge >= 0.3 is 0 Å². The van der Waals surface area contributed by atoms with Crippen LogP contribution in [0.25, 0.3) is 0 Å². The fraction of sp³-hybridized carbons (Fsp3) is 0.182. The smallest absolute Gasteiger partial charge is 0.269 e. The Labute approximate surface area is 115 Å². The predicted molar refractivity (Wildman–Crippen MR) is 70.4 cm³/mol. The van der Waals surface area contributed by atoms with E-state index in [1.54, 1.807) is 13.0 Å². The highest BCUT2D eigenvalue weighted by Gasteiger charge is 2.20. The normalized spacial score (nSPS) is 13.1. The Morgan fingerprint density at radius 1 is 1.45 bits per heavy atom. The van der Waals surface area contributed by atoms with Gasteiger partial charge in [-0.25, -0.2) is 18.1 Å². The molecule has 1 unspecified atom stereocenters. The van der Waals surface area contributed by atoms with E-state index in [2.05, 4.69) is 14.7 Å². The third kappa shape index (κ3) is 3.00. The number of aromatic amines is 1. The molecular weight excluding hydrogens is 284 g/mol. The summed E-state index contributed by atoms with van der Waals surface area (Å²) in [4.78, 5) is 16.3. The maximum atomic E-state index is 12.0. The first-order valence-electron chi connectivity index (χ1n) is 5.65. The van der Waals surface area contributed by atoms with Crippen LogP contribution in [-0.4, -0.2) is 23.3 Å². The second-order valence-electron chi connectivity index (χ2n) is 4.11. The Morgan fingerprint density at radius 3 is 2.80 bits per heavy atom. The van der Waals surface area contributed by atoms with Gasteiger partial charge in [-0.3, -0.25) is 10.1 Å². The first-order valence-corrected chi connectivity index (χ1v) is 7.13. The number of non-ortho nitro benzene ring substituents is 1. The zero-order valence-corrected chi connectivity index (χ0v) is 11.3. The molecule has 0 amide bonds. The van der Waals surface area contributed by atoms with E-state index < -0.39 is 21.0 Å². The lowest BCUT2D eigenvalue weighted by Crippen LogP contribution is -2.27. The number of nitrogens with one attached hydrogen (secondary N) is 2. The second kappa shape index (κ2) is 5.39. The van der Waals surface area contributed by atoms with Crippen molar-refractivity contribution in [3.8, 4) is 0 Å². The largest absolute Gasteiger partial charge is 0.335 e. The molecule has 2 rings (SSSR count). The van der Waals surface area contributed by atoms with Crippen LogP contribution in [0, 0.1) is 10.1 Å². The highest BCUT2D eigenvalue weighted by Crippen LogP contribution is 2.20. The molecule has 20 heavy (non-hydrogen) atoms. The number of nitro benzene ring substituents is 1. The predicted octanol–water partition coefficient (Wildman–Crippen LogP) is 1.36. The van der Waals surface area contributed by atoms with Crippen molar-refractivity contribution in [3.05, 3.63) is 52.5 Å². The summed E-state index contributed by atoms with van der Waals surface area (Å²) in [6.45, 7) is 1.60. The first kappa shape index (κ1) is 14.2. The quantitative estimate of drug-likeness (QED) is 0.638. The Balaban J connectivity index is 2.22. The van der Waals surface area contributed by atoms with Crippen LogP contribution in [0.15, 0.2) is 41.8 Å². The van der Waals surface area contributed by atoms with E-state index in [4.69, 9.17) is 0 Å². The molecule has 9 heteroatoms. The second-order valence-corrected chi connectivity index (χ2v) is 5.79. The van der Waals surface area contributed by atoms with Gasteiger partial charge in [0.1, 0.15) is 0 Å². The van der Waals surface area contributed by atoms with Crippen LogP contribution in [-0.2, 0) is 10.0 Å². The molecule has 2 aromatic rings. The molecule has 1 heterocycles. The van der Waals surface area contributed by atoms with Gasteiger partial charge in [-0.05, 0) is 12.5 Å². The van der Waals surface area contributed by atoms with Gasteiger partial charge in [0, 0.05) is 18.2 Å². The zero-order chi connectivity index (χ0) is 14.8. The maximum Gasteiger partial charge on any atom is 0.269 e. The molecule has 8 nitrogen and oxygen atoms in total. The molecule has 106 valence electrons. The SMILES string of the molecule is CC(NS(=O)(=O)c1cnc[nH]1)c1cccc([N+](=O)[O-])c1. The summed E-state index contributed by atoms with van der Waals surface area (Å²) in [6, 6.07) is 5.20. The van der Waals surface area contributed by atoms with Crippen LogP contribution in [0.1, 0.15) is 18.5 Å². The standard InChI is InChI=1S/C11H12N4O4S/c1-8(9-3-2-4-10(5-9)15(16)17)14-20(18,19)11-6-12-7-13-11/h2-8,14H,1H3,(H,12,13). The van der Waals surface area contributed by atoms with Crippen LogP contribution in [0.2, 0.25) is 0 Å². The van der Waals surface area contributed by atoms with Gasteiger partial charge in [0.05, 0.1) is 17.4 Å². The van der Waals surface area contributed by atoms with Crippen molar-refractivity contribution in [2.24, 2.45) is 0 Å². The highest BCUT2D eigenvalue weighted by molar-refractivity contribution is 7.89. The Kier molecular flexibility index (Phi) is 3.81. The van der Waals surface area contributed by atoms with E-state index in [-0.39, 0.29) is 10.7 Å². The highest BCUT2D eigenvalue weighted by atomic mass is 32.2. The zero-order valence-electron chi connectivity index (χ0n) is 10.5. The number of nitrogens with zero attached hydrogens (tertiary/aromatic N) is 2. The average Bonchev–Trinajstić information content (AvgIpc) is 2.93. The van der Waals surface area contributed by atoms with Crippen molar-refractivity contribution in [3.63, 3.8) is 0 Å². The topological polar surface area (TPSA) is 118 Å². The van der Waals surface area contributed by atoms with Crippen molar-refractivity contribution in [1.29, 1.82) is 0 Å². The summed E-state index contributed by atoms with van der Waals surface area (Å²) in [5, 5.41) is 10.6. The number of sulfonamides is 1. The summed E-state index contributed by atoms with van der Waals surface area (Å²) in [6.07, 6.45) is 2.44. The fourth-order valence-corrected chi connectivity index (χ4v) is 2.80. The third-order valence-electron chi connectivity index (χ3n) is 2.68. The van der Waals surface area contributed by atoms with Gasteiger partial charge in [-0.1, -0.05) is 12.1 Å². The molecule has 1 atom stereocenters. The molecule has 0 bridgehead atoms. The van der Waals surface area contributed by atoms with E-state index >= 15 is 0 Å². The number of hydrogen-bond donors (Lipinski definition) is 2. The number of nitro groups is 1. The Hall–Kier alpha value is -2.26. The number of imidazole rings is 1. The van der Waals surface area contributed by atoms with Gasteiger partial charge in [0.2, 0.25) is 0 Å². The number of H-pyrrole nitrogens is 1. The van der Waals surface area contributed by atoms with E-state index in [9.17, 15) is 18.5 Å². The fourth-order valence-electron chi connectivity index (χ4n) is 1.66. The molecule has 1 aromatic heterocycles. The summed E-state index contributed by atoms with van der Waals surface area (Å²) in [5.74, 6) is 0. The van der Waals surface area contributed by atoms with Crippen LogP contribution in [0.4, 0.5) is 5.69 Å². The summed E-state index contributed by atoms with van der Waals surface area (Å²) in [5.41, 5.74) is 0.414. The molecule has 0 aliphatic carbocycles. The molecule has 0 aliphatic heterocycles. The van der Waals surface area contributed by atoms with Crippen LogP contribution < -0.4 is 4.72 Å². The maximum absolute atomic E-state index is 12.0. The minimum absolute atomic E-state index is 0.0604. The first-order chi connectivity index (χ1) is 9.40.